The van der Waals surface area contributed by atoms with Crippen molar-refractivity contribution >= 4 is 22.4 Å². The number of anilines is 1. The van der Waals surface area contributed by atoms with E-state index in [1.165, 1.54) is 5.39 Å². The summed E-state index contributed by atoms with van der Waals surface area (Å²) in [6.45, 7) is 6.03. The third-order valence-electron chi connectivity index (χ3n) is 3.89. The summed E-state index contributed by atoms with van der Waals surface area (Å²) in [6, 6.07) is 14.3. The quantitative estimate of drug-likeness (QED) is 0.803. The first-order valence-electron chi connectivity index (χ1n) is 6.72. The molecule has 2 aromatic carbocycles. The van der Waals surface area contributed by atoms with Crippen molar-refractivity contribution < 1.29 is 4.79 Å². The predicted molar refractivity (Wildman–Crippen MR) is 81.4 cm³/mol. The summed E-state index contributed by atoms with van der Waals surface area (Å²) in [5.41, 5.74) is 0.630. The first-order valence-corrected chi connectivity index (χ1v) is 6.72. The second-order valence-corrected chi connectivity index (χ2v) is 5.63. The van der Waals surface area contributed by atoms with E-state index in [1.807, 2.05) is 46.0 Å². The summed E-state index contributed by atoms with van der Waals surface area (Å²) in [5, 5.41) is 2.36. The average molecular weight is 255 g/mol. The van der Waals surface area contributed by atoms with Crippen LogP contribution in [0, 0.1) is 5.41 Å². The van der Waals surface area contributed by atoms with E-state index in [0.717, 1.165) is 17.5 Å². The minimum atomic E-state index is -0.319. The van der Waals surface area contributed by atoms with Crippen molar-refractivity contribution in [3.8, 4) is 0 Å². The lowest BCUT2D eigenvalue weighted by atomic mass is 9.88. The molecule has 0 radical (unpaired) electrons. The van der Waals surface area contributed by atoms with E-state index in [1.54, 1.807) is 4.90 Å². The standard InChI is InChI=1S/C17H21NO/c1-5-17(2,3)16(19)18(4)15-11-10-13-8-6-7-9-14(13)12-15/h6-12H,5H2,1-4H3. The Morgan fingerprint density at radius 1 is 1.11 bits per heavy atom. The van der Waals surface area contributed by atoms with Gasteiger partial charge < -0.3 is 4.90 Å². The summed E-state index contributed by atoms with van der Waals surface area (Å²) in [5.74, 6) is 0.158. The van der Waals surface area contributed by atoms with Gasteiger partial charge in [0.05, 0.1) is 0 Å². The number of fused-ring (bicyclic) bond motifs is 1. The van der Waals surface area contributed by atoms with Gasteiger partial charge in [0.15, 0.2) is 0 Å². The van der Waals surface area contributed by atoms with Crippen LogP contribution in [0.15, 0.2) is 42.5 Å². The van der Waals surface area contributed by atoms with Crippen molar-refractivity contribution in [1.82, 2.24) is 0 Å². The molecule has 1 amide bonds. The zero-order valence-electron chi connectivity index (χ0n) is 12.1. The zero-order chi connectivity index (χ0) is 14.0. The Labute approximate surface area is 115 Å². The molecule has 0 atom stereocenters. The van der Waals surface area contributed by atoms with Gasteiger partial charge in [-0.25, -0.2) is 0 Å². The van der Waals surface area contributed by atoms with Gasteiger partial charge in [-0.05, 0) is 29.3 Å². The normalized spacial score (nSPS) is 11.6. The van der Waals surface area contributed by atoms with E-state index in [2.05, 4.69) is 24.3 Å². The lowest BCUT2D eigenvalue weighted by Crippen LogP contribution is -2.38. The fourth-order valence-corrected chi connectivity index (χ4v) is 2.11. The Hall–Kier alpha value is -1.83. The molecule has 100 valence electrons. The van der Waals surface area contributed by atoms with Crippen molar-refractivity contribution in [2.24, 2.45) is 5.41 Å². The van der Waals surface area contributed by atoms with E-state index in [9.17, 15) is 4.79 Å². The molecule has 2 heteroatoms. The molecule has 0 fully saturated rings. The van der Waals surface area contributed by atoms with Gasteiger partial charge in [-0.2, -0.15) is 0 Å². The molecular formula is C17H21NO. The molecule has 0 heterocycles. The Kier molecular flexibility index (Phi) is 3.61. The number of hydrogen-bond acceptors (Lipinski definition) is 1. The summed E-state index contributed by atoms with van der Waals surface area (Å²) < 4.78 is 0. The Bertz CT molecular complexity index is 601. The first kappa shape index (κ1) is 13.6. The summed E-state index contributed by atoms with van der Waals surface area (Å²) in [7, 11) is 1.85. The summed E-state index contributed by atoms with van der Waals surface area (Å²) in [6.07, 6.45) is 0.837. The van der Waals surface area contributed by atoms with Crippen LogP contribution in [0.3, 0.4) is 0 Å². The maximum absolute atomic E-state index is 12.5. The first-order chi connectivity index (χ1) is 8.95. The van der Waals surface area contributed by atoms with Crippen LogP contribution in [0.4, 0.5) is 5.69 Å². The molecule has 0 spiro atoms. The number of rotatable bonds is 3. The highest BCUT2D eigenvalue weighted by atomic mass is 16.2. The number of benzene rings is 2. The van der Waals surface area contributed by atoms with E-state index >= 15 is 0 Å². The van der Waals surface area contributed by atoms with Crippen LogP contribution in [-0.2, 0) is 4.79 Å². The molecule has 0 saturated carbocycles. The highest BCUT2D eigenvalue weighted by Crippen LogP contribution is 2.27. The van der Waals surface area contributed by atoms with E-state index in [-0.39, 0.29) is 11.3 Å². The zero-order valence-corrected chi connectivity index (χ0v) is 12.1. The largest absolute Gasteiger partial charge is 0.315 e. The fraction of sp³-hybridized carbons (Fsp3) is 0.353. The van der Waals surface area contributed by atoms with Crippen LogP contribution in [0.1, 0.15) is 27.2 Å². The van der Waals surface area contributed by atoms with Crippen LogP contribution in [0.25, 0.3) is 10.8 Å². The molecule has 0 saturated heterocycles. The monoisotopic (exact) mass is 255 g/mol. The Morgan fingerprint density at radius 2 is 1.74 bits per heavy atom. The van der Waals surface area contributed by atoms with Gasteiger partial charge in [-0.3, -0.25) is 4.79 Å². The molecule has 2 aromatic rings. The van der Waals surface area contributed by atoms with Crippen LogP contribution < -0.4 is 4.90 Å². The van der Waals surface area contributed by atoms with Crippen LogP contribution >= 0.6 is 0 Å². The maximum atomic E-state index is 12.5. The predicted octanol–water partition coefficient (Wildman–Crippen LogP) is 4.24. The molecule has 19 heavy (non-hydrogen) atoms. The topological polar surface area (TPSA) is 20.3 Å². The highest BCUT2D eigenvalue weighted by Gasteiger charge is 2.29. The van der Waals surface area contributed by atoms with Crippen molar-refractivity contribution in [2.45, 2.75) is 27.2 Å². The van der Waals surface area contributed by atoms with Crippen molar-refractivity contribution in [3.05, 3.63) is 42.5 Å². The second-order valence-electron chi connectivity index (χ2n) is 5.63. The number of nitrogens with zero attached hydrogens (tertiary/aromatic N) is 1. The van der Waals surface area contributed by atoms with E-state index < -0.39 is 0 Å². The molecule has 0 unspecified atom stereocenters. The molecule has 0 aromatic heterocycles. The average Bonchev–Trinajstić information content (AvgIpc) is 2.45. The molecule has 0 aliphatic carbocycles. The van der Waals surface area contributed by atoms with Gasteiger partial charge in [0.2, 0.25) is 5.91 Å². The number of amides is 1. The molecule has 0 bridgehead atoms. The third-order valence-corrected chi connectivity index (χ3v) is 3.89. The molecular weight excluding hydrogens is 234 g/mol. The van der Waals surface area contributed by atoms with Gasteiger partial charge in [-0.15, -0.1) is 0 Å². The highest BCUT2D eigenvalue weighted by molar-refractivity contribution is 5.98. The third kappa shape index (κ3) is 2.62. The number of carbonyl (C=O) groups is 1. The van der Waals surface area contributed by atoms with Crippen molar-refractivity contribution in [1.29, 1.82) is 0 Å². The maximum Gasteiger partial charge on any atom is 0.232 e. The van der Waals surface area contributed by atoms with Gasteiger partial charge in [0.25, 0.3) is 0 Å². The van der Waals surface area contributed by atoms with Crippen LogP contribution in [0.2, 0.25) is 0 Å². The van der Waals surface area contributed by atoms with Gasteiger partial charge in [0, 0.05) is 18.2 Å². The fourth-order valence-electron chi connectivity index (χ4n) is 2.11. The van der Waals surface area contributed by atoms with Crippen LogP contribution in [0.5, 0.6) is 0 Å². The lowest BCUT2D eigenvalue weighted by Gasteiger charge is -2.28. The summed E-state index contributed by atoms with van der Waals surface area (Å²) >= 11 is 0. The Balaban J connectivity index is 2.36. The summed E-state index contributed by atoms with van der Waals surface area (Å²) in [4.78, 5) is 14.2. The molecule has 0 aliphatic rings. The number of carbonyl (C=O) groups excluding carboxylic acids is 1. The van der Waals surface area contributed by atoms with Gasteiger partial charge in [0.1, 0.15) is 0 Å². The number of hydrogen-bond donors (Lipinski definition) is 0. The molecule has 0 N–H and O–H groups in total. The minimum absolute atomic E-state index is 0.158. The molecule has 0 aliphatic heterocycles. The minimum Gasteiger partial charge on any atom is -0.315 e. The molecule has 2 rings (SSSR count). The Morgan fingerprint density at radius 3 is 2.37 bits per heavy atom. The molecule has 2 nitrogen and oxygen atoms in total. The smallest absolute Gasteiger partial charge is 0.232 e. The van der Waals surface area contributed by atoms with E-state index in [0.29, 0.717) is 0 Å². The second kappa shape index (κ2) is 5.04. The van der Waals surface area contributed by atoms with Gasteiger partial charge >= 0.3 is 0 Å². The van der Waals surface area contributed by atoms with E-state index in [4.69, 9.17) is 0 Å². The SMILES string of the molecule is CCC(C)(C)C(=O)N(C)c1ccc2ccccc2c1. The lowest BCUT2D eigenvalue weighted by molar-refractivity contribution is -0.126. The van der Waals surface area contributed by atoms with Crippen LogP contribution in [-0.4, -0.2) is 13.0 Å². The van der Waals surface area contributed by atoms with Crippen molar-refractivity contribution in [3.63, 3.8) is 0 Å². The van der Waals surface area contributed by atoms with Crippen molar-refractivity contribution in [2.75, 3.05) is 11.9 Å². The van der Waals surface area contributed by atoms with Gasteiger partial charge in [-0.1, -0.05) is 51.1 Å².